The van der Waals surface area contributed by atoms with Crippen molar-refractivity contribution in [1.82, 2.24) is 4.90 Å². The molecule has 1 fully saturated rings. The molecule has 2 aliphatic heterocycles. The Kier molecular flexibility index (Phi) is 7.85. The first-order chi connectivity index (χ1) is 20.4. The number of aryl methyl sites for hydroxylation is 1. The number of amides is 2. The Morgan fingerprint density at radius 2 is 1.52 bits per heavy atom. The van der Waals surface area contributed by atoms with Gasteiger partial charge in [0, 0.05) is 42.3 Å². The summed E-state index contributed by atoms with van der Waals surface area (Å²) in [5.74, 6) is -0.385. The monoisotopic (exact) mass is 577 g/mol. The topological polar surface area (TPSA) is 43.9 Å². The molecule has 6 rings (SSSR count). The van der Waals surface area contributed by atoms with E-state index in [1.807, 2.05) is 59.5 Å². The minimum Gasteiger partial charge on any atom is -0.368 e. The summed E-state index contributed by atoms with van der Waals surface area (Å²) in [6, 6.07) is 27.9. The quantitative estimate of drug-likeness (QED) is 0.238. The minimum absolute atomic E-state index is 0.0253. The first-order valence-electron chi connectivity index (χ1n) is 14.1. The highest BCUT2D eigenvalue weighted by atomic mass is 32.2. The van der Waals surface area contributed by atoms with Gasteiger partial charge in [0.25, 0.3) is 11.8 Å². The molecule has 1 saturated heterocycles. The van der Waals surface area contributed by atoms with Crippen LogP contribution in [0.25, 0.3) is 6.08 Å². The van der Waals surface area contributed by atoms with Crippen molar-refractivity contribution in [3.05, 3.63) is 130 Å². The highest BCUT2D eigenvalue weighted by Gasteiger charge is 2.29. The Morgan fingerprint density at radius 1 is 0.833 bits per heavy atom. The molecule has 2 heterocycles. The second-order valence-corrected chi connectivity index (χ2v) is 11.8. The fourth-order valence-electron chi connectivity index (χ4n) is 5.48. The van der Waals surface area contributed by atoms with Crippen molar-refractivity contribution in [2.24, 2.45) is 0 Å². The van der Waals surface area contributed by atoms with Crippen LogP contribution in [0.2, 0.25) is 0 Å². The minimum atomic E-state index is -0.304. The summed E-state index contributed by atoms with van der Waals surface area (Å²) in [6.45, 7) is 7.58. The predicted molar refractivity (Wildman–Crippen MR) is 168 cm³/mol. The van der Waals surface area contributed by atoms with E-state index in [1.54, 1.807) is 17.0 Å². The van der Waals surface area contributed by atoms with Crippen LogP contribution in [-0.2, 0) is 11.3 Å². The second-order valence-electron chi connectivity index (χ2n) is 10.7. The maximum Gasteiger partial charge on any atom is 0.265 e. The molecule has 5 nitrogen and oxygen atoms in total. The van der Waals surface area contributed by atoms with Gasteiger partial charge in [-0.2, -0.15) is 0 Å². The summed E-state index contributed by atoms with van der Waals surface area (Å²) < 4.78 is 13.5. The predicted octanol–water partition coefficient (Wildman–Crippen LogP) is 7.08. The van der Waals surface area contributed by atoms with Gasteiger partial charge in [0.05, 0.1) is 17.1 Å². The van der Waals surface area contributed by atoms with E-state index < -0.39 is 0 Å². The Hall–Kier alpha value is -4.36. The number of hydrogen-bond donors (Lipinski definition) is 0. The van der Waals surface area contributed by atoms with Gasteiger partial charge in [-0.25, -0.2) is 4.39 Å². The highest BCUT2D eigenvalue weighted by Crippen LogP contribution is 2.42. The Balaban J connectivity index is 1.15. The molecule has 0 radical (unpaired) electrons. The fourth-order valence-corrected chi connectivity index (χ4v) is 6.53. The number of rotatable bonds is 5. The number of fused-ring (bicyclic) bond motifs is 1. The zero-order chi connectivity index (χ0) is 29.2. The van der Waals surface area contributed by atoms with E-state index in [9.17, 15) is 14.0 Å². The van der Waals surface area contributed by atoms with E-state index in [-0.39, 0.29) is 17.6 Å². The number of piperazine rings is 1. The van der Waals surface area contributed by atoms with Crippen LogP contribution in [0.1, 0.15) is 32.6 Å². The molecule has 212 valence electrons. The van der Waals surface area contributed by atoms with Gasteiger partial charge < -0.3 is 14.7 Å². The summed E-state index contributed by atoms with van der Waals surface area (Å²) in [6.07, 6.45) is 1.87. The summed E-state index contributed by atoms with van der Waals surface area (Å²) in [7, 11) is 0. The number of carbonyl (C=O) groups is 2. The first kappa shape index (κ1) is 27.8. The summed E-state index contributed by atoms with van der Waals surface area (Å²) in [5, 5.41) is 0. The zero-order valence-electron chi connectivity index (χ0n) is 23.7. The fraction of sp³-hybridized carbons (Fsp3) is 0.200. The number of anilines is 2. The Morgan fingerprint density at radius 3 is 2.26 bits per heavy atom. The van der Waals surface area contributed by atoms with Crippen LogP contribution in [0.3, 0.4) is 0 Å². The van der Waals surface area contributed by atoms with Crippen molar-refractivity contribution < 1.29 is 14.0 Å². The van der Waals surface area contributed by atoms with Gasteiger partial charge >= 0.3 is 0 Å². The zero-order valence-corrected chi connectivity index (χ0v) is 24.5. The summed E-state index contributed by atoms with van der Waals surface area (Å²) in [5.41, 5.74) is 6.99. The normalized spacial score (nSPS) is 16.1. The molecule has 0 atom stereocenters. The lowest BCUT2D eigenvalue weighted by Gasteiger charge is -2.37. The van der Waals surface area contributed by atoms with Gasteiger partial charge in [-0.1, -0.05) is 60.3 Å². The largest absolute Gasteiger partial charge is 0.368 e. The SMILES string of the molecule is Cc1cccc(N2CCN(C(=O)c3ccc(/C=C4\Sc5ccccc5N(Cc5ccc(F)cc5)C4=O)cc3)CC2)c1C. The van der Waals surface area contributed by atoms with Crippen molar-refractivity contribution in [3.8, 4) is 0 Å². The second kappa shape index (κ2) is 11.9. The van der Waals surface area contributed by atoms with E-state index in [1.165, 1.54) is 40.7 Å². The van der Waals surface area contributed by atoms with E-state index in [2.05, 4.69) is 36.9 Å². The van der Waals surface area contributed by atoms with Gasteiger partial charge in [0.1, 0.15) is 5.82 Å². The van der Waals surface area contributed by atoms with E-state index in [0.29, 0.717) is 30.1 Å². The molecule has 0 aliphatic carbocycles. The smallest absolute Gasteiger partial charge is 0.265 e. The maximum absolute atomic E-state index is 13.6. The van der Waals surface area contributed by atoms with Gasteiger partial charge in [-0.15, -0.1) is 0 Å². The third kappa shape index (κ3) is 5.70. The van der Waals surface area contributed by atoms with Gasteiger partial charge in [0.15, 0.2) is 0 Å². The van der Waals surface area contributed by atoms with Crippen molar-refractivity contribution in [2.45, 2.75) is 25.3 Å². The van der Waals surface area contributed by atoms with Crippen molar-refractivity contribution in [2.75, 3.05) is 36.0 Å². The molecule has 0 aromatic heterocycles. The van der Waals surface area contributed by atoms with Crippen LogP contribution in [0, 0.1) is 19.7 Å². The Bertz CT molecular complexity index is 1660. The summed E-state index contributed by atoms with van der Waals surface area (Å²) in [4.78, 5) is 34.5. The van der Waals surface area contributed by atoms with E-state index in [4.69, 9.17) is 0 Å². The molecular weight excluding hydrogens is 545 g/mol. The van der Waals surface area contributed by atoms with E-state index >= 15 is 0 Å². The molecule has 0 saturated carbocycles. The molecular formula is C35H32FN3O2S. The van der Waals surface area contributed by atoms with Crippen molar-refractivity contribution >= 4 is 41.0 Å². The number of carbonyl (C=O) groups excluding carboxylic acids is 2. The van der Waals surface area contributed by atoms with Crippen LogP contribution in [0.4, 0.5) is 15.8 Å². The lowest BCUT2D eigenvalue weighted by molar-refractivity contribution is -0.114. The van der Waals surface area contributed by atoms with Crippen LogP contribution in [0.15, 0.2) is 101 Å². The number of thioether (sulfide) groups is 1. The van der Waals surface area contributed by atoms with Crippen LogP contribution in [-0.4, -0.2) is 42.9 Å². The Labute approximate surface area is 250 Å². The molecule has 2 amide bonds. The average molecular weight is 578 g/mol. The van der Waals surface area contributed by atoms with Crippen molar-refractivity contribution in [3.63, 3.8) is 0 Å². The highest BCUT2D eigenvalue weighted by molar-refractivity contribution is 8.04. The molecule has 0 bridgehead atoms. The third-order valence-corrected chi connectivity index (χ3v) is 9.10. The number of halogens is 1. The lowest BCUT2D eigenvalue weighted by atomic mass is 10.1. The lowest BCUT2D eigenvalue weighted by Crippen LogP contribution is -2.49. The molecule has 0 N–H and O–H groups in total. The summed E-state index contributed by atoms with van der Waals surface area (Å²) >= 11 is 1.44. The molecule has 4 aromatic rings. The van der Waals surface area contributed by atoms with Crippen LogP contribution < -0.4 is 9.80 Å². The number of benzene rings is 4. The van der Waals surface area contributed by atoms with Gasteiger partial charge in [-0.05, 0) is 84.6 Å². The molecule has 42 heavy (non-hydrogen) atoms. The molecule has 0 unspecified atom stereocenters. The molecule has 0 spiro atoms. The first-order valence-corrected chi connectivity index (χ1v) is 14.9. The van der Waals surface area contributed by atoms with Crippen LogP contribution >= 0.6 is 11.8 Å². The van der Waals surface area contributed by atoms with Crippen LogP contribution in [0.5, 0.6) is 0 Å². The van der Waals surface area contributed by atoms with Crippen molar-refractivity contribution in [1.29, 1.82) is 0 Å². The number of nitrogens with zero attached hydrogens (tertiary/aromatic N) is 3. The number of para-hydroxylation sites is 1. The van der Waals surface area contributed by atoms with E-state index in [0.717, 1.165) is 34.8 Å². The molecule has 7 heteroatoms. The van der Waals surface area contributed by atoms with Gasteiger partial charge in [0.2, 0.25) is 0 Å². The third-order valence-electron chi connectivity index (χ3n) is 8.02. The molecule has 4 aromatic carbocycles. The maximum atomic E-state index is 13.6. The van der Waals surface area contributed by atoms with Gasteiger partial charge in [-0.3, -0.25) is 9.59 Å². The molecule has 2 aliphatic rings. The number of hydrogen-bond acceptors (Lipinski definition) is 4. The standard InChI is InChI=1S/C35H32FN3O2S/c1-24-6-5-8-30(25(24)2)37-18-20-38(21-19-37)34(40)28-14-10-26(11-15-28)22-33-35(41)39(23-27-12-16-29(36)17-13-27)31-7-3-4-9-32(31)42-33/h3-17,22H,18-21,23H2,1-2H3/b33-22-. The average Bonchev–Trinajstić information content (AvgIpc) is 3.02.